The van der Waals surface area contributed by atoms with Gasteiger partial charge in [-0.25, -0.2) is 4.79 Å². The van der Waals surface area contributed by atoms with Crippen LogP contribution >= 0.6 is 0 Å². The summed E-state index contributed by atoms with van der Waals surface area (Å²) in [4.78, 5) is 18.2. The zero-order valence-electron chi connectivity index (χ0n) is 13.1. The van der Waals surface area contributed by atoms with E-state index in [1.807, 2.05) is 27.7 Å². The van der Waals surface area contributed by atoms with Crippen LogP contribution in [0.1, 0.15) is 51.7 Å². The molecule has 1 aromatic rings. The van der Waals surface area contributed by atoms with Gasteiger partial charge in [0.2, 0.25) is 5.89 Å². The van der Waals surface area contributed by atoms with Crippen LogP contribution in [0, 0.1) is 0 Å². The second-order valence-corrected chi connectivity index (χ2v) is 6.39. The average Bonchev–Trinajstić information content (AvgIpc) is 2.85. The molecule has 0 bridgehead atoms. The third-order valence-electron chi connectivity index (χ3n) is 3.44. The molecule has 2 rings (SSSR count). The van der Waals surface area contributed by atoms with Crippen LogP contribution < -0.4 is 5.73 Å². The summed E-state index contributed by atoms with van der Waals surface area (Å²) in [5.74, 6) is 1.03. The second-order valence-electron chi connectivity index (χ2n) is 6.39. The van der Waals surface area contributed by atoms with Crippen LogP contribution in [-0.2, 0) is 11.2 Å². The molecule has 0 aromatic carbocycles. The van der Waals surface area contributed by atoms with Crippen molar-refractivity contribution >= 4 is 6.09 Å². The number of carbonyl (C=O) groups excluding carboxylic acids is 1. The average molecular weight is 296 g/mol. The first-order chi connectivity index (χ1) is 9.80. The monoisotopic (exact) mass is 296 g/mol. The number of carbonyl (C=O) groups is 1. The Morgan fingerprint density at radius 2 is 2.24 bits per heavy atom. The van der Waals surface area contributed by atoms with Crippen LogP contribution in [0.25, 0.3) is 0 Å². The number of rotatable bonds is 2. The number of aromatic nitrogens is 2. The van der Waals surface area contributed by atoms with Crippen molar-refractivity contribution in [1.82, 2.24) is 15.0 Å². The number of nitrogens with zero attached hydrogens (tertiary/aromatic N) is 3. The van der Waals surface area contributed by atoms with Crippen molar-refractivity contribution in [3.8, 4) is 0 Å². The number of likely N-dealkylation sites (tertiary alicyclic amines) is 1. The van der Waals surface area contributed by atoms with Crippen LogP contribution in [0.2, 0.25) is 0 Å². The molecule has 0 spiro atoms. The van der Waals surface area contributed by atoms with Gasteiger partial charge in [-0.05, 0) is 27.2 Å². The number of ether oxygens (including phenoxy) is 1. The minimum absolute atomic E-state index is 0.0890. The van der Waals surface area contributed by atoms with Crippen molar-refractivity contribution in [2.24, 2.45) is 5.73 Å². The maximum atomic E-state index is 12.2. The molecular weight excluding hydrogens is 272 g/mol. The molecule has 21 heavy (non-hydrogen) atoms. The largest absolute Gasteiger partial charge is 0.444 e. The smallest absolute Gasteiger partial charge is 0.410 e. The van der Waals surface area contributed by atoms with Gasteiger partial charge >= 0.3 is 6.09 Å². The molecule has 2 N–H and O–H groups in total. The molecule has 0 radical (unpaired) electrons. The molecule has 1 saturated heterocycles. The normalized spacial score (nSPS) is 23.2. The number of amides is 1. The van der Waals surface area contributed by atoms with Gasteiger partial charge in [0, 0.05) is 25.6 Å². The lowest BCUT2D eigenvalue weighted by Crippen LogP contribution is -2.49. The number of hydrogen-bond acceptors (Lipinski definition) is 6. The SMILES string of the molecule is CCc1noc([C@@H]2CN(C(=O)OC(C)(C)C)CC[C@H]2N)n1. The van der Waals surface area contributed by atoms with E-state index in [-0.39, 0.29) is 18.1 Å². The van der Waals surface area contributed by atoms with Gasteiger partial charge in [0.05, 0.1) is 5.92 Å². The number of hydrogen-bond donors (Lipinski definition) is 1. The first kappa shape index (κ1) is 15.8. The van der Waals surface area contributed by atoms with E-state index in [0.29, 0.717) is 37.6 Å². The predicted octanol–water partition coefficient (Wildman–Crippen LogP) is 1.68. The Kier molecular flexibility index (Phi) is 4.51. The zero-order chi connectivity index (χ0) is 15.6. The van der Waals surface area contributed by atoms with E-state index < -0.39 is 5.60 Å². The lowest BCUT2D eigenvalue weighted by molar-refractivity contribution is 0.0175. The molecule has 1 aromatic heterocycles. The quantitative estimate of drug-likeness (QED) is 0.892. The highest BCUT2D eigenvalue weighted by Crippen LogP contribution is 2.26. The Morgan fingerprint density at radius 3 is 2.81 bits per heavy atom. The maximum absolute atomic E-state index is 12.2. The molecule has 0 aliphatic carbocycles. The van der Waals surface area contributed by atoms with Gasteiger partial charge in [-0.2, -0.15) is 4.98 Å². The van der Waals surface area contributed by atoms with E-state index in [2.05, 4.69) is 10.1 Å². The molecule has 7 nitrogen and oxygen atoms in total. The third kappa shape index (κ3) is 3.93. The van der Waals surface area contributed by atoms with Gasteiger partial charge < -0.3 is 19.9 Å². The van der Waals surface area contributed by atoms with Crippen LogP contribution in [0.5, 0.6) is 0 Å². The molecule has 2 atom stereocenters. The number of aryl methyl sites for hydroxylation is 1. The molecule has 1 fully saturated rings. The van der Waals surface area contributed by atoms with Crippen molar-refractivity contribution in [2.75, 3.05) is 13.1 Å². The lowest BCUT2D eigenvalue weighted by atomic mass is 9.93. The van der Waals surface area contributed by atoms with E-state index in [0.717, 1.165) is 0 Å². The maximum Gasteiger partial charge on any atom is 0.410 e. The van der Waals surface area contributed by atoms with Crippen molar-refractivity contribution in [3.05, 3.63) is 11.7 Å². The van der Waals surface area contributed by atoms with E-state index >= 15 is 0 Å². The predicted molar refractivity (Wildman–Crippen MR) is 76.8 cm³/mol. The highest BCUT2D eigenvalue weighted by molar-refractivity contribution is 5.68. The van der Waals surface area contributed by atoms with Gasteiger partial charge in [-0.3, -0.25) is 0 Å². The fourth-order valence-electron chi connectivity index (χ4n) is 2.29. The summed E-state index contributed by atoms with van der Waals surface area (Å²) < 4.78 is 10.7. The molecule has 2 heterocycles. The molecule has 0 saturated carbocycles. The highest BCUT2D eigenvalue weighted by atomic mass is 16.6. The first-order valence-corrected chi connectivity index (χ1v) is 7.36. The van der Waals surface area contributed by atoms with E-state index in [1.165, 1.54) is 0 Å². The third-order valence-corrected chi connectivity index (χ3v) is 3.44. The van der Waals surface area contributed by atoms with Crippen LogP contribution in [0.3, 0.4) is 0 Å². The number of piperidine rings is 1. The molecule has 1 amide bonds. The molecule has 1 aliphatic rings. The first-order valence-electron chi connectivity index (χ1n) is 7.36. The number of nitrogens with two attached hydrogens (primary N) is 1. The Balaban J connectivity index is 2.07. The molecule has 118 valence electrons. The summed E-state index contributed by atoms with van der Waals surface area (Å²) in [5, 5.41) is 3.90. The van der Waals surface area contributed by atoms with Crippen molar-refractivity contribution in [3.63, 3.8) is 0 Å². The zero-order valence-corrected chi connectivity index (χ0v) is 13.1. The Bertz CT molecular complexity index is 495. The fourth-order valence-corrected chi connectivity index (χ4v) is 2.29. The van der Waals surface area contributed by atoms with Gasteiger partial charge in [0.25, 0.3) is 0 Å². The molecule has 7 heteroatoms. The minimum Gasteiger partial charge on any atom is -0.444 e. The summed E-state index contributed by atoms with van der Waals surface area (Å²) in [6, 6.07) is -0.0890. The molecule has 0 unspecified atom stereocenters. The molecular formula is C14H24N4O3. The van der Waals surface area contributed by atoms with Gasteiger partial charge in [0.15, 0.2) is 5.82 Å². The Labute approximate surface area is 124 Å². The van der Waals surface area contributed by atoms with E-state index in [1.54, 1.807) is 4.90 Å². The van der Waals surface area contributed by atoms with Crippen LogP contribution in [0.4, 0.5) is 4.79 Å². The van der Waals surface area contributed by atoms with Gasteiger partial charge in [-0.1, -0.05) is 12.1 Å². The standard InChI is InChI=1S/C14H24N4O3/c1-5-11-16-12(21-17-11)9-8-18(7-6-10(9)15)13(19)20-14(2,3)4/h9-10H,5-8,15H2,1-4H3/t9-,10-/m1/s1. The Morgan fingerprint density at radius 1 is 1.52 bits per heavy atom. The summed E-state index contributed by atoms with van der Waals surface area (Å²) in [6.45, 7) is 8.54. The van der Waals surface area contributed by atoms with Gasteiger partial charge in [-0.15, -0.1) is 0 Å². The van der Waals surface area contributed by atoms with Crippen LogP contribution in [0.15, 0.2) is 4.52 Å². The summed E-state index contributed by atoms with van der Waals surface area (Å²) in [6.07, 6.45) is 1.07. The summed E-state index contributed by atoms with van der Waals surface area (Å²) >= 11 is 0. The topological polar surface area (TPSA) is 94.5 Å². The summed E-state index contributed by atoms with van der Waals surface area (Å²) in [5.41, 5.74) is 5.64. The van der Waals surface area contributed by atoms with Crippen LogP contribution in [-0.4, -0.2) is 45.9 Å². The minimum atomic E-state index is -0.508. The summed E-state index contributed by atoms with van der Waals surface area (Å²) in [7, 11) is 0. The van der Waals surface area contributed by atoms with Crippen molar-refractivity contribution in [2.45, 2.75) is 58.1 Å². The van der Waals surface area contributed by atoms with E-state index in [9.17, 15) is 4.79 Å². The van der Waals surface area contributed by atoms with E-state index in [4.69, 9.17) is 15.0 Å². The second kappa shape index (κ2) is 6.01. The lowest BCUT2D eigenvalue weighted by Gasteiger charge is -2.35. The van der Waals surface area contributed by atoms with Crippen molar-refractivity contribution in [1.29, 1.82) is 0 Å². The molecule has 1 aliphatic heterocycles. The van der Waals surface area contributed by atoms with Gasteiger partial charge in [0.1, 0.15) is 5.60 Å². The Hall–Kier alpha value is -1.63. The fraction of sp³-hybridized carbons (Fsp3) is 0.786. The van der Waals surface area contributed by atoms with Crippen molar-refractivity contribution < 1.29 is 14.1 Å². The highest BCUT2D eigenvalue weighted by Gasteiger charge is 2.35.